The molecular weight excluding hydrogens is 381 g/mol. The summed E-state index contributed by atoms with van der Waals surface area (Å²) in [6, 6.07) is 16.1. The Hall–Kier alpha value is -1.75. The van der Waals surface area contributed by atoms with Gasteiger partial charge in [-0.1, -0.05) is 42.0 Å². The second-order valence-electron chi connectivity index (χ2n) is 7.77. The number of methoxy groups -OCH3 is 1. The SMILES string of the molecule is COc1ccc(C(O)/C(=C\c2ccc(C)cc2)[P+](N(C)C)(N(C)C)N(C)C)cc1. The zero-order chi connectivity index (χ0) is 21.8. The van der Waals surface area contributed by atoms with Gasteiger partial charge in [0.25, 0.3) is 7.71 Å². The summed E-state index contributed by atoms with van der Waals surface area (Å²) in [5.41, 5.74) is 3.14. The molecule has 2 aromatic carbocycles. The van der Waals surface area contributed by atoms with Crippen LogP contribution >= 0.6 is 7.71 Å². The van der Waals surface area contributed by atoms with Gasteiger partial charge < -0.3 is 9.84 Å². The van der Waals surface area contributed by atoms with Crippen LogP contribution in [0.5, 0.6) is 5.75 Å². The van der Waals surface area contributed by atoms with Crippen LogP contribution < -0.4 is 4.74 Å². The van der Waals surface area contributed by atoms with Gasteiger partial charge in [-0.2, -0.15) is 14.0 Å². The minimum Gasteiger partial charge on any atom is -0.497 e. The molecule has 0 radical (unpaired) electrons. The average Bonchev–Trinajstić information content (AvgIpc) is 2.68. The first-order chi connectivity index (χ1) is 13.6. The molecule has 1 unspecified atom stereocenters. The van der Waals surface area contributed by atoms with E-state index in [0.29, 0.717) is 0 Å². The minimum absolute atomic E-state index is 0.747. The zero-order valence-corrected chi connectivity index (χ0v) is 19.8. The Bertz CT molecular complexity index is 793. The van der Waals surface area contributed by atoms with Crippen molar-refractivity contribution in [3.05, 3.63) is 70.5 Å². The van der Waals surface area contributed by atoms with E-state index in [4.69, 9.17) is 4.74 Å². The molecule has 2 rings (SSSR count). The van der Waals surface area contributed by atoms with Gasteiger partial charge in [0.15, 0.2) is 5.31 Å². The Morgan fingerprint density at radius 3 is 1.76 bits per heavy atom. The Morgan fingerprint density at radius 1 is 0.862 bits per heavy atom. The smallest absolute Gasteiger partial charge is 0.259 e. The first-order valence-electron chi connectivity index (χ1n) is 9.67. The van der Waals surface area contributed by atoms with Crippen LogP contribution in [0, 0.1) is 6.92 Å². The predicted octanol–water partition coefficient (Wildman–Crippen LogP) is 4.53. The molecule has 2 aromatic rings. The van der Waals surface area contributed by atoms with Crippen molar-refractivity contribution >= 4 is 13.8 Å². The normalized spacial score (nSPS) is 14.0. The Morgan fingerprint density at radius 2 is 1.34 bits per heavy atom. The molecular formula is C23H35N3O2P+. The van der Waals surface area contributed by atoms with Crippen molar-refractivity contribution in [2.24, 2.45) is 0 Å². The molecule has 0 heterocycles. The maximum Gasteiger partial charge on any atom is 0.259 e. The van der Waals surface area contributed by atoms with Gasteiger partial charge in [0.05, 0.1) is 7.11 Å². The lowest BCUT2D eigenvalue weighted by Crippen LogP contribution is -2.38. The summed E-state index contributed by atoms with van der Waals surface area (Å²) >= 11 is 0. The van der Waals surface area contributed by atoms with Crippen LogP contribution in [0.2, 0.25) is 0 Å². The maximum absolute atomic E-state index is 11.6. The molecule has 0 aliphatic heterocycles. The van der Waals surface area contributed by atoms with Crippen LogP contribution in [-0.2, 0) is 0 Å². The van der Waals surface area contributed by atoms with Gasteiger partial charge in [-0.25, -0.2) is 0 Å². The summed E-state index contributed by atoms with van der Waals surface area (Å²) in [7, 11) is 12.0. The lowest BCUT2D eigenvalue weighted by molar-refractivity contribution is 0.220. The van der Waals surface area contributed by atoms with Crippen molar-refractivity contribution in [1.29, 1.82) is 0 Å². The number of nitrogens with zero attached hydrogens (tertiary/aromatic N) is 3. The number of aryl methyl sites for hydroxylation is 1. The fraction of sp³-hybridized carbons (Fsp3) is 0.391. The summed E-state index contributed by atoms with van der Waals surface area (Å²) in [6.07, 6.45) is 1.39. The molecule has 0 spiro atoms. The first kappa shape index (κ1) is 23.5. The molecule has 0 aliphatic rings. The lowest BCUT2D eigenvalue weighted by atomic mass is 10.1. The first-order valence-corrected chi connectivity index (χ1v) is 11.3. The van der Waals surface area contributed by atoms with Gasteiger partial charge in [-0.15, -0.1) is 0 Å². The standard InChI is InChI=1S/C23H35N3O2P/c1-18-9-11-19(12-10-18)17-22(29(24(2)3,25(4)5)26(6)7)23(27)20-13-15-21(28-8)16-14-20/h9-17,23,27H,1-8H3/q+1/b22-17+. The molecule has 0 fully saturated rings. The molecule has 1 atom stereocenters. The van der Waals surface area contributed by atoms with Gasteiger partial charge in [0.1, 0.15) is 11.9 Å². The van der Waals surface area contributed by atoms with E-state index in [9.17, 15) is 5.11 Å². The number of ether oxygens (including phenoxy) is 1. The van der Waals surface area contributed by atoms with Crippen molar-refractivity contribution in [3.63, 3.8) is 0 Å². The third-order valence-electron chi connectivity index (χ3n) is 5.12. The summed E-state index contributed by atoms with van der Waals surface area (Å²) in [5, 5.41) is 12.6. The molecule has 0 amide bonds. The fourth-order valence-electron chi connectivity index (χ4n) is 3.89. The summed E-state index contributed by atoms with van der Waals surface area (Å²) < 4.78 is 12.0. The average molecular weight is 417 g/mol. The van der Waals surface area contributed by atoms with E-state index in [2.05, 4.69) is 93.6 Å². The molecule has 158 valence electrons. The number of benzene rings is 2. The highest BCUT2D eigenvalue weighted by atomic mass is 31.2. The summed E-state index contributed by atoms with van der Waals surface area (Å²) in [6.45, 7) is 2.08. The molecule has 0 aliphatic carbocycles. The van der Waals surface area contributed by atoms with Crippen molar-refractivity contribution in [3.8, 4) is 5.75 Å². The number of rotatable bonds is 8. The topological polar surface area (TPSA) is 39.2 Å². The minimum atomic E-state index is -2.16. The van der Waals surface area contributed by atoms with Gasteiger partial charge in [-0.3, -0.25) is 0 Å². The number of hydrogen-bond donors (Lipinski definition) is 1. The van der Waals surface area contributed by atoms with E-state index in [0.717, 1.165) is 22.2 Å². The highest BCUT2D eigenvalue weighted by molar-refractivity contribution is 7.73. The third-order valence-corrected chi connectivity index (χ3v) is 9.54. The fourth-order valence-corrected chi connectivity index (χ4v) is 8.22. The summed E-state index contributed by atoms with van der Waals surface area (Å²) in [5.74, 6) is 0.777. The predicted molar refractivity (Wildman–Crippen MR) is 125 cm³/mol. The number of hydrogen-bond acceptors (Lipinski definition) is 5. The van der Waals surface area contributed by atoms with Gasteiger partial charge in [0, 0.05) is 42.3 Å². The van der Waals surface area contributed by atoms with Crippen molar-refractivity contribution in [2.75, 3.05) is 49.4 Å². The van der Waals surface area contributed by atoms with Crippen LogP contribution in [0.1, 0.15) is 22.8 Å². The molecule has 0 bridgehead atoms. The Labute approximate surface area is 176 Å². The van der Waals surface area contributed by atoms with E-state index in [1.165, 1.54) is 5.56 Å². The molecule has 0 aromatic heterocycles. The second-order valence-corrected chi connectivity index (χ2v) is 11.8. The largest absolute Gasteiger partial charge is 0.497 e. The van der Waals surface area contributed by atoms with E-state index in [-0.39, 0.29) is 0 Å². The maximum atomic E-state index is 11.6. The highest BCUT2D eigenvalue weighted by Crippen LogP contribution is 2.72. The van der Waals surface area contributed by atoms with E-state index in [1.807, 2.05) is 24.3 Å². The van der Waals surface area contributed by atoms with Crippen molar-refractivity contribution in [1.82, 2.24) is 14.0 Å². The highest BCUT2D eigenvalue weighted by Gasteiger charge is 2.54. The molecule has 6 heteroatoms. The van der Waals surface area contributed by atoms with Crippen LogP contribution in [-0.4, -0.2) is 68.5 Å². The lowest BCUT2D eigenvalue weighted by Gasteiger charge is -2.42. The molecule has 0 saturated carbocycles. The molecule has 0 saturated heterocycles. The third kappa shape index (κ3) is 4.88. The van der Waals surface area contributed by atoms with Crippen LogP contribution in [0.25, 0.3) is 6.08 Å². The molecule has 1 N–H and O–H groups in total. The van der Waals surface area contributed by atoms with Crippen molar-refractivity contribution < 1.29 is 9.84 Å². The quantitative estimate of drug-likeness (QED) is 0.641. The van der Waals surface area contributed by atoms with Gasteiger partial charge in [-0.05, 0) is 36.3 Å². The Balaban J connectivity index is 2.70. The van der Waals surface area contributed by atoms with Crippen LogP contribution in [0.15, 0.2) is 53.8 Å². The van der Waals surface area contributed by atoms with Gasteiger partial charge in [0.2, 0.25) is 0 Å². The van der Waals surface area contributed by atoms with Crippen molar-refractivity contribution in [2.45, 2.75) is 13.0 Å². The second kappa shape index (κ2) is 9.84. The van der Waals surface area contributed by atoms with Crippen LogP contribution in [0.3, 0.4) is 0 Å². The Kier molecular flexibility index (Phi) is 7.98. The monoisotopic (exact) mass is 416 g/mol. The zero-order valence-electron chi connectivity index (χ0n) is 18.9. The number of aliphatic hydroxyl groups is 1. The van der Waals surface area contributed by atoms with E-state index in [1.54, 1.807) is 7.11 Å². The van der Waals surface area contributed by atoms with Gasteiger partial charge >= 0.3 is 0 Å². The summed E-state index contributed by atoms with van der Waals surface area (Å²) in [4.78, 5) is 0. The van der Waals surface area contributed by atoms with E-state index < -0.39 is 13.8 Å². The number of aliphatic hydroxyl groups excluding tert-OH is 1. The molecule has 5 nitrogen and oxygen atoms in total. The van der Waals surface area contributed by atoms with Crippen LogP contribution in [0.4, 0.5) is 0 Å². The van der Waals surface area contributed by atoms with E-state index >= 15 is 0 Å². The molecule has 29 heavy (non-hydrogen) atoms.